The summed E-state index contributed by atoms with van der Waals surface area (Å²) in [5.41, 5.74) is 2.70. The highest BCUT2D eigenvalue weighted by molar-refractivity contribution is 7.96. The molecule has 0 bridgehead atoms. The number of rotatable bonds is 3. The summed E-state index contributed by atoms with van der Waals surface area (Å²) in [6.07, 6.45) is 7.94. The molecule has 0 unspecified atom stereocenters. The molecular weight excluding hydrogens is 354 g/mol. The molecule has 4 rings (SSSR count). The van der Waals surface area contributed by atoms with Crippen LogP contribution in [0.2, 0.25) is 5.02 Å². The molecule has 6 heteroatoms. The minimum Gasteiger partial charge on any atom is -0.495 e. The molecule has 0 atom stereocenters. The summed E-state index contributed by atoms with van der Waals surface area (Å²) in [5, 5.41) is 1.76. The average Bonchev–Trinajstić information content (AvgIpc) is 3.04. The lowest BCUT2D eigenvalue weighted by Gasteiger charge is -2.40. The van der Waals surface area contributed by atoms with E-state index in [0.29, 0.717) is 16.2 Å². The molecule has 2 aliphatic rings. The van der Waals surface area contributed by atoms with E-state index < -0.39 is 0 Å². The summed E-state index contributed by atoms with van der Waals surface area (Å²) in [6.45, 7) is 4.67. The van der Waals surface area contributed by atoms with E-state index in [0.717, 1.165) is 24.0 Å². The predicted octanol–water partition coefficient (Wildman–Crippen LogP) is 4.47. The summed E-state index contributed by atoms with van der Waals surface area (Å²) in [7, 11) is 1.64. The topological polar surface area (TPSA) is 28.6 Å². The number of piperidine rings is 1. The van der Waals surface area contributed by atoms with Crippen molar-refractivity contribution in [3.63, 3.8) is 0 Å². The Morgan fingerprint density at radius 2 is 1.96 bits per heavy atom. The summed E-state index contributed by atoms with van der Waals surface area (Å²) in [4.78, 5) is 7.00. The quantitative estimate of drug-likeness (QED) is 0.736. The van der Waals surface area contributed by atoms with Gasteiger partial charge in [-0.25, -0.2) is 0 Å². The monoisotopic (exact) mass is 377 g/mol. The number of methoxy groups -OCH3 is 1. The number of ether oxygens (including phenoxy) is 1. The highest BCUT2D eigenvalue weighted by atomic mass is 35.5. The van der Waals surface area contributed by atoms with Gasteiger partial charge in [-0.2, -0.15) is 0 Å². The highest BCUT2D eigenvalue weighted by Crippen LogP contribution is 2.44. The third-order valence-corrected chi connectivity index (χ3v) is 6.94. The number of aromatic nitrogens is 1. The molecule has 0 radical (unpaired) electrons. The standard InChI is InChI=1S/C19H24ClN3OS/c1-24-18-12-16-14(11-15(18)20)17(3-7-21-16)22-8-4-19(5-9-22)6-10-23(13-19)25-2/h3,7,11-12H,4-6,8-10,13H2,1-2H3. The van der Waals surface area contributed by atoms with Crippen LogP contribution in [0.4, 0.5) is 5.69 Å². The van der Waals surface area contributed by atoms with E-state index in [4.69, 9.17) is 16.3 Å². The average molecular weight is 378 g/mol. The van der Waals surface area contributed by atoms with Gasteiger partial charge in [0.15, 0.2) is 0 Å². The molecule has 2 fully saturated rings. The van der Waals surface area contributed by atoms with Crippen LogP contribution in [0.15, 0.2) is 24.4 Å². The zero-order valence-electron chi connectivity index (χ0n) is 14.8. The molecule has 2 aliphatic heterocycles. The number of benzene rings is 1. The number of pyridine rings is 1. The van der Waals surface area contributed by atoms with Crippen molar-refractivity contribution in [2.75, 3.05) is 44.4 Å². The van der Waals surface area contributed by atoms with Crippen LogP contribution in [0, 0.1) is 5.41 Å². The highest BCUT2D eigenvalue weighted by Gasteiger charge is 2.40. The summed E-state index contributed by atoms with van der Waals surface area (Å²) >= 11 is 8.25. The van der Waals surface area contributed by atoms with Crippen LogP contribution in [0.3, 0.4) is 0 Å². The van der Waals surface area contributed by atoms with Gasteiger partial charge in [0.2, 0.25) is 0 Å². The van der Waals surface area contributed by atoms with E-state index in [1.54, 1.807) is 7.11 Å². The van der Waals surface area contributed by atoms with Crippen molar-refractivity contribution < 1.29 is 4.74 Å². The van der Waals surface area contributed by atoms with Crippen LogP contribution in [-0.4, -0.2) is 48.8 Å². The van der Waals surface area contributed by atoms with Crippen molar-refractivity contribution in [2.45, 2.75) is 19.3 Å². The molecule has 1 aromatic heterocycles. The second-order valence-corrected chi connectivity index (χ2v) is 8.41. The Morgan fingerprint density at radius 1 is 1.20 bits per heavy atom. The first kappa shape index (κ1) is 17.3. The number of nitrogens with zero attached hydrogens (tertiary/aromatic N) is 3. The van der Waals surface area contributed by atoms with Gasteiger partial charge in [-0.05, 0) is 43.1 Å². The van der Waals surface area contributed by atoms with E-state index in [1.165, 1.54) is 38.0 Å². The second kappa shape index (κ2) is 6.86. The molecule has 1 spiro atoms. The Labute approximate surface area is 158 Å². The molecule has 0 amide bonds. The maximum absolute atomic E-state index is 6.37. The van der Waals surface area contributed by atoms with E-state index in [2.05, 4.69) is 26.5 Å². The normalized spacial score (nSPS) is 20.5. The number of hydrogen-bond acceptors (Lipinski definition) is 5. The first-order valence-electron chi connectivity index (χ1n) is 8.80. The molecule has 0 N–H and O–H groups in total. The molecule has 2 saturated heterocycles. The fourth-order valence-corrected chi connectivity index (χ4v) is 5.16. The predicted molar refractivity (Wildman–Crippen MR) is 107 cm³/mol. The molecule has 2 aromatic rings. The van der Waals surface area contributed by atoms with Gasteiger partial charge >= 0.3 is 0 Å². The molecular formula is C19H24ClN3OS. The number of fused-ring (bicyclic) bond motifs is 1. The molecule has 134 valence electrons. The summed E-state index contributed by atoms with van der Waals surface area (Å²) in [6, 6.07) is 6.04. The van der Waals surface area contributed by atoms with E-state index in [-0.39, 0.29) is 0 Å². The SMILES string of the molecule is COc1cc2nccc(N3CCC4(CCN(SC)C4)CC3)c2cc1Cl. The first-order valence-corrected chi connectivity index (χ1v) is 10.4. The van der Waals surface area contributed by atoms with Crippen molar-refractivity contribution in [1.29, 1.82) is 0 Å². The fourth-order valence-electron chi connectivity index (χ4n) is 4.24. The van der Waals surface area contributed by atoms with Crippen LogP contribution in [0.5, 0.6) is 5.75 Å². The summed E-state index contributed by atoms with van der Waals surface area (Å²) < 4.78 is 7.85. The lowest BCUT2D eigenvalue weighted by Crippen LogP contribution is -2.41. The van der Waals surface area contributed by atoms with Gasteiger partial charge in [0.1, 0.15) is 5.75 Å². The van der Waals surface area contributed by atoms with Crippen LogP contribution in [0.1, 0.15) is 19.3 Å². The summed E-state index contributed by atoms with van der Waals surface area (Å²) in [5.74, 6) is 0.680. The molecule has 3 heterocycles. The Balaban J connectivity index is 1.58. The van der Waals surface area contributed by atoms with Crippen molar-refractivity contribution in [2.24, 2.45) is 5.41 Å². The van der Waals surface area contributed by atoms with Gasteiger partial charge in [0, 0.05) is 49.5 Å². The smallest absolute Gasteiger partial charge is 0.139 e. The zero-order chi connectivity index (χ0) is 17.4. The Hall–Kier alpha value is -1.17. The van der Waals surface area contributed by atoms with E-state index in [9.17, 15) is 0 Å². The van der Waals surface area contributed by atoms with Gasteiger partial charge in [-0.15, -0.1) is 0 Å². The van der Waals surface area contributed by atoms with Crippen LogP contribution in [-0.2, 0) is 0 Å². The van der Waals surface area contributed by atoms with E-state index in [1.807, 2.05) is 30.3 Å². The Morgan fingerprint density at radius 3 is 2.64 bits per heavy atom. The number of anilines is 1. The Bertz CT molecular complexity index is 777. The third kappa shape index (κ3) is 3.18. The van der Waals surface area contributed by atoms with Crippen molar-refractivity contribution in [3.8, 4) is 5.75 Å². The zero-order valence-corrected chi connectivity index (χ0v) is 16.4. The minimum absolute atomic E-state index is 0.517. The van der Waals surface area contributed by atoms with Crippen molar-refractivity contribution in [3.05, 3.63) is 29.4 Å². The third-order valence-electron chi connectivity index (χ3n) is 5.82. The van der Waals surface area contributed by atoms with E-state index >= 15 is 0 Å². The van der Waals surface area contributed by atoms with Gasteiger partial charge < -0.3 is 9.64 Å². The molecule has 0 saturated carbocycles. The van der Waals surface area contributed by atoms with Crippen LogP contribution >= 0.6 is 23.5 Å². The second-order valence-electron chi connectivity index (χ2n) is 7.12. The fraction of sp³-hybridized carbons (Fsp3) is 0.526. The van der Waals surface area contributed by atoms with Gasteiger partial charge in [0.05, 0.1) is 17.6 Å². The molecule has 0 aliphatic carbocycles. The van der Waals surface area contributed by atoms with Crippen molar-refractivity contribution >= 4 is 40.1 Å². The van der Waals surface area contributed by atoms with Gasteiger partial charge in [-0.1, -0.05) is 23.5 Å². The van der Waals surface area contributed by atoms with Gasteiger partial charge in [-0.3, -0.25) is 9.29 Å². The molecule has 4 nitrogen and oxygen atoms in total. The maximum Gasteiger partial charge on any atom is 0.139 e. The minimum atomic E-state index is 0.517. The number of hydrogen-bond donors (Lipinski definition) is 0. The maximum atomic E-state index is 6.37. The largest absolute Gasteiger partial charge is 0.495 e. The lowest BCUT2D eigenvalue weighted by molar-refractivity contribution is 0.237. The Kier molecular flexibility index (Phi) is 4.73. The molecule has 1 aromatic carbocycles. The van der Waals surface area contributed by atoms with Gasteiger partial charge in [0.25, 0.3) is 0 Å². The van der Waals surface area contributed by atoms with Crippen LogP contribution < -0.4 is 9.64 Å². The first-order chi connectivity index (χ1) is 12.1. The molecule has 25 heavy (non-hydrogen) atoms. The van der Waals surface area contributed by atoms with Crippen LogP contribution in [0.25, 0.3) is 10.9 Å². The number of halogens is 1. The lowest BCUT2D eigenvalue weighted by atomic mass is 9.77. The van der Waals surface area contributed by atoms with Crippen molar-refractivity contribution in [1.82, 2.24) is 9.29 Å².